The summed E-state index contributed by atoms with van der Waals surface area (Å²) in [5, 5.41) is 0. The second-order valence-electron chi connectivity index (χ2n) is 5.99. The predicted octanol–water partition coefficient (Wildman–Crippen LogP) is 3.49. The lowest BCUT2D eigenvalue weighted by atomic mass is 9.90. The summed E-state index contributed by atoms with van der Waals surface area (Å²) >= 11 is 0. The Balaban J connectivity index is 1.94. The van der Waals surface area contributed by atoms with Crippen LogP contribution in [0.2, 0.25) is 0 Å². The van der Waals surface area contributed by atoms with Crippen LogP contribution in [0.25, 0.3) is 0 Å². The van der Waals surface area contributed by atoms with Gasteiger partial charge in [-0.05, 0) is 61.9 Å². The number of likely N-dealkylation sites (tertiary alicyclic amines) is 1. The van der Waals surface area contributed by atoms with Gasteiger partial charge in [-0.15, -0.1) is 0 Å². The van der Waals surface area contributed by atoms with Gasteiger partial charge in [-0.25, -0.2) is 0 Å². The Morgan fingerprint density at radius 1 is 1.39 bits per heavy atom. The maximum atomic E-state index is 5.88. The molecule has 18 heavy (non-hydrogen) atoms. The number of hydrogen-bond donors (Lipinski definition) is 1. The van der Waals surface area contributed by atoms with E-state index in [1.807, 2.05) is 6.07 Å². The highest BCUT2D eigenvalue weighted by Gasteiger charge is 2.21. The van der Waals surface area contributed by atoms with Crippen LogP contribution in [0.4, 0.5) is 5.69 Å². The van der Waals surface area contributed by atoms with Gasteiger partial charge < -0.3 is 10.6 Å². The molecule has 0 amide bonds. The Morgan fingerprint density at radius 3 is 2.94 bits per heavy atom. The van der Waals surface area contributed by atoms with E-state index < -0.39 is 0 Å². The molecule has 1 aromatic rings. The van der Waals surface area contributed by atoms with Crippen molar-refractivity contribution in [2.75, 3.05) is 25.4 Å². The highest BCUT2D eigenvalue weighted by molar-refractivity contribution is 5.42. The maximum absolute atomic E-state index is 5.88. The third kappa shape index (κ3) is 3.74. The van der Waals surface area contributed by atoms with Gasteiger partial charge in [0, 0.05) is 12.2 Å². The van der Waals surface area contributed by atoms with Crippen molar-refractivity contribution in [3.8, 4) is 0 Å². The fourth-order valence-electron chi connectivity index (χ4n) is 2.78. The second kappa shape index (κ2) is 6.24. The van der Waals surface area contributed by atoms with Crippen molar-refractivity contribution in [3.63, 3.8) is 0 Å². The summed E-state index contributed by atoms with van der Waals surface area (Å²) in [4.78, 5) is 2.62. The van der Waals surface area contributed by atoms with Crippen molar-refractivity contribution in [1.29, 1.82) is 0 Å². The smallest absolute Gasteiger partial charge is 0.0316 e. The fourth-order valence-corrected chi connectivity index (χ4v) is 2.78. The number of nitrogen functional groups attached to an aromatic ring is 1. The molecule has 2 nitrogen and oxygen atoms in total. The van der Waals surface area contributed by atoms with Crippen LogP contribution in [-0.4, -0.2) is 24.5 Å². The molecule has 1 aliphatic rings. The lowest BCUT2D eigenvalue weighted by Crippen LogP contribution is -2.35. The first kappa shape index (κ1) is 13.4. The van der Waals surface area contributed by atoms with Gasteiger partial charge in [-0.1, -0.05) is 26.0 Å². The SMILES string of the molecule is CC(C)CCN1CCCC(c2cccc(N)c2)C1. The second-order valence-corrected chi connectivity index (χ2v) is 5.99. The van der Waals surface area contributed by atoms with Gasteiger partial charge in [0.25, 0.3) is 0 Å². The maximum Gasteiger partial charge on any atom is 0.0316 e. The average molecular weight is 246 g/mol. The molecule has 0 aliphatic carbocycles. The number of benzene rings is 1. The average Bonchev–Trinajstić information content (AvgIpc) is 2.37. The van der Waals surface area contributed by atoms with Crippen LogP contribution in [0.15, 0.2) is 24.3 Å². The first-order valence-corrected chi connectivity index (χ1v) is 7.23. The highest BCUT2D eigenvalue weighted by Crippen LogP contribution is 2.28. The van der Waals surface area contributed by atoms with Crippen LogP contribution < -0.4 is 5.73 Å². The number of hydrogen-bond acceptors (Lipinski definition) is 2. The number of nitrogens with zero attached hydrogens (tertiary/aromatic N) is 1. The van der Waals surface area contributed by atoms with Crippen molar-refractivity contribution >= 4 is 5.69 Å². The van der Waals surface area contributed by atoms with E-state index in [-0.39, 0.29) is 0 Å². The van der Waals surface area contributed by atoms with E-state index >= 15 is 0 Å². The third-order valence-electron chi connectivity index (χ3n) is 3.91. The summed E-state index contributed by atoms with van der Waals surface area (Å²) in [6.45, 7) is 8.33. The molecule has 1 unspecified atom stereocenters. The molecular formula is C16H26N2. The van der Waals surface area contributed by atoms with E-state index in [9.17, 15) is 0 Å². The minimum Gasteiger partial charge on any atom is -0.399 e. The van der Waals surface area contributed by atoms with Gasteiger partial charge in [-0.3, -0.25) is 0 Å². The van der Waals surface area contributed by atoms with Crippen molar-refractivity contribution in [2.45, 2.75) is 39.0 Å². The number of nitrogens with two attached hydrogens (primary N) is 1. The van der Waals surface area contributed by atoms with Crippen LogP contribution in [0, 0.1) is 5.92 Å². The minimum absolute atomic E-state index is 0.675. The van der Waals surface area contributed by atoms with Crippen molar-refractivity contribution in [1.82, 2.24) is 4.90 Å². The largest absolute Gasteiger partial charge is 0.399 e. The summed E-state index contributed by atoms with van der Waals surface area (Å²) in [5.74, 6) is 1.48. The van der Waals surface area contributed by atoms with Crippen LogP contribution in [0.3, 0.4) is 0 Å². The molecule has 0 spiro atoms. The molecule has 2 heteroatoms. The molecule has 1 fully saturated rings. The minimum atomic E-state index is 0.675. The Bertz CT molecular complexity index is 373. The zero-order valence-corrected chi connectivity index (χ0v) is 11.7. The molecule has 1 atom stereocenters. The molecule has 2 N–H and O–H groups in total. The molecule has 1 saturated heterocycles. The number of rotatable bonds is 4. The molecule has 1 aromatic carbocycles. The summed E-state index contributed by atoms with van der Waals surface area (Å²) in [6.07, 6.45) is 3.93. The van der Waals surface area contributed by atoms with E-state index in [2.05, 4.69) is 36.9 Å². The molecule has 1 heterocycles. The topological polar surface area (TPSA) is 29.3 Å². The summed E-state index contributed by atoms with van der Waals surface area (Å²) in [6, 6.07) is 8.43. The number of anilines is 1. The van der Waals surface area contributed by atoms with Crippen molar-refractivity contribution < 1.29 is 0 Å². The molecule has 0 aromatic heterocycles. The molecule has 0 saturated carbocycles. The predicted molar refractivity (Wildman–Crippen MR) is 78.7 cm³/mol. The van der Waals surface area contributed by atoms with E-state index in [1.54, 1.807) is 0 Å². The van der Waals surface area contributed by atoms with Gasteiger partial charge >= 0.3 is 0 Å². The monoisotopic (exact) mass is 246 g/mol. The molecule has 100 valence electrons. The summed E-state index contributed by atoms with van der Waals surface area (Å²) in [7, 11) is 0. The van der Waals surface area contributed by atoms with E-state index in [1.165, 1.54) is 44.5 Å². The van der Waals surface area contributed by atoms with Gasteiger partial charge in [0.15, 0.2) is 0 Å². The normalized spacial score (nSPS) is 21.4. The van der Waals surface area contributed by atoms with E-state index in [0.717, 1.165) is 11.6 Å². The Morgan fingerprint density at radius 2 is 2.22 bits per heavy atom. The third-order valence-corrected chi connectivity index (χ3v) is 3.91. The van der Waals surface area contributed by atoms with Crippen LogP contribution in [0.1, 0.15) is 44.6 Å². The lowest BCUT2D eigenvalue weighted by Gasteiger charge is -2.33. The zero-order valence-electron chi connectivity index (χ0n) is 11.7. The summed E-state index contributed by atoms with van der Waals surface area (Å²) < 4.78 is 0. The lowest BCUT2D eigenvalue weighted by molar-refractivity contribution is 0.198. The van der Waals surface area contributed by atoms with Gasteiger partial charge in [0.1, 0.15) is 0 Å². The first-order valence-electron chi connectivity index (χ1n) is 7.23. The van der Waals surface area contributed by atoms with Crippen molar-refractivity contribution in [2.24, 2.45) is 5.92 Å². The quantitative estimate of drug-likeness (QED) is 0.824. The molecule has 2 rings (SSSR count). The highest BCUT2D eigenvalue weighted by atomic mass is 15.1. The Kier molecular flexibility index (Phi) is 4.65. The summed E-state index contributed by atoms with van der Waals surface area (Å²) in [5.41, 5.74) is 8.20. The van der Waals surface area contributed by atoms with E-state index in [4.69, 9.17) is 5.73 Å². The van der Waals surface area contributed by atoms with Crippen LogP contribution in [0.5, 0.6) is 0 Å². The number of piperidine rings is 1. The van der Waals surface area contributed by atoms with Gasteiger partial charge in [0.2, 0.25) is 0 Å². The fraction of sp³-hybridized carbons (Fsp3) is 0.625. The molecule has 1 aliphatic heterocycles. The van der Waals surface area contributed by atoms with Crippen molar-refractivity contribution in [3.05, 3.63) is 29.8 Å². The Labute approximate surface area is 111 Å². The Hall–Kier alpha value is -1.02. The standard InChI is InChI=1S/C16H26N2/c1-13(2)8-10-18-9-4-6-15(12-18)14-5-3-7-16(17)11-14/h3,5,7,11,13,15H,4,6,8-10,12,17H2,1-2H3. The van der Waals surface area contributed by atoms with Crippen LogP contribution >= 0.6 is 0 Å². The molecule has 0 radical (unpaired) electrons. The van der Waals surface area contributed by atoms with Gasteiger partial charge in [0.05, 0.1) is 0 Å². The van der Waals surface area contributed by atoms with E-state index in [0.29, 0.717) is 5.92 Å². The first-order chi connectivity index (χ1) is 8.65. The van der Waals surface area contributed by atoms with Gasteiger partial charge in [-0.2, -0.15) is 0 Å². The zero-order chi connectivity index (χ0) is 13.0. The molecular weight excluding hydrogens is 220 g/mol. The van der Waals surface area contributed by atoms with Crippen LogP contribution in [-0.2, 0) is 0 Å². The molecule has 0 bridgehead atoms.